The zero-order valence-electron chi connectivity index (χ0n) is 4.38. The molecule has 0 aliphatic heterocycles. The smallest absolute Gasteiger partial charge is 0.330 e. The molecule has 0 bridgehead atoms. The van der Waals surface area contributed by atoms with Crippen molar-refractivity contribution in [3.8, 4) is 0 Å². The number of hydrogen-bond donors (Lipinski definition) is 1. The second-order valence-corrected chi connectivity index (χ2v) is 1.09. The summed E-state index contributed by atoms with van der Waals surface area (Å²) < 4.78 is 0. The number of rotatable bonds is 1. The minimum atomic E-state index is -0.935. The number of halogens is 2. The Morgan fingerprint density at radius 3 is 1.62 bits per heavy atom. The van der Waals surface area contributed by atoms with E-state index in [9.17, 15) is 4.79 Å². The molecule has 0 saturated heterocycles. The summed E-state index contributed by atoms with van der Waals surface area (Å²) in [6, 6.07) is 0. The second-order valence-electron chi connectivity index (χ2n) is 1.09. The molecule has 0 aromatic heterocycles. The summed E-state index contributed by atoms with van der Waals surface area (Å²) in [5.74, 6) is -0.935. The molecule has 0 rings (SSSR count). The lowest BCUT2D eigenvalue weighted by Crippen LogP contribution is -1.92. The first-order chi connectivity index (χ1) is 2.64. The molecule has 0 aliphatic rings. The minimum Gasteiger partial charge on any atom is -0.478 e. The van der Waals surface area contributed by atoms with E-state index in [0.717, 1.165) is 0 Å². The third-order valence-electron chi connectivity index (χ3n) is 0.365. The van der Waals surface area contributed by atoms with E-state index in [0.29, 0.717) is 0 Å². The molecule has 0 radical (unpaired) electrons. The number of aliphatic carboxylic acids is 1. The van der Waals surface area contributed by atoms with Crippen molar-refractivity contribution in [2.75, 3.05) is 0 Å². The fourth-order valence-electron chi connectivity index (χ4n) is 0. The number of carboxylic acids is 1. The van der Waals surface area contributed by atoms with Crippen molar-refractivity contribution in [2.45, 2.75) is 6.92 Å². The Labute approximate surface area is 60.4 Å². The molecule has 0 fully saturated rings. The van der Waals surface area contributed by atoms with Gasteiger partial charge in [0.2, 0.25) is 0 Å². The van der Waals surface area contributed by atoms with Crippen molar-refractivity contribution in [2.24, 2.45) is 0 Å². The second kappa shape index (κ2) is 6.79. The first-order valence-electron chi connectivity index (χ1n) is 1.53. The van der Waals surface area contributed by atoms with Crippen LogP contribution in [-0.4, -0.2) is 11.1 Å². The van der Waals surface area contributed by atoms with E-state index in [1.54, 1.807) is 0 Å². The highest BCUT2D eigenvalue weighted by molar-refractivity contribution is 5.85. The Bertz CT molecular complexity index is 78.0. The van der Waals surface area contributed by atoms with Crippen molar-refractivity contribution in [1.82, 2.24) is 0 Å². The van der Waals surface area contributed by atoms with E-state index < -0.39 is 5.97 Å². The van der Waals surface area contributed by atoms with Gasteiger partial charge in [-0.05, 0) is 6.92 Å². The highest BCUT2D eigenvalue weighted by atomic mass is 35.5. The molecule has 0 unspecified atom stereocenters. The van der Waals surface area contributed by atoms with Gasteiger partial charge in [-0.25, -0.2) is 4.79 Å². The lowest BCUT2D eigenvalue weighted by atomic mass is 10.4. The summed E-state index contributed by atoms with van der Waals surface area (Å²) in [7, 11) is 0. The van der Waals surface area contributed by atoms with Crippen LogP contribution in [0.15, 0.2) is 12.2 Å². The summed E-state index contributed by atoms with van der Waals surface area (Å²) in [6.07, 6.45) is 0. The number of carbonyl (C=O) groups is 1. The van der Waals surface area contributed by atoms with Crippen LogP contribution >= 0.6 is 24.8 Å². The molecule has 1 N–H and O–H groups in total. The van der Waals surface area contributed by atoms with Crippen molar-refractivity contribution in [1.29, 1.82) is 0 Å². The van der Waals surface area contributed by atoms with Crippen LogP contribution in [-0.2, 0) is 4.79 Å². The fraction of sp³-hybridized carbons (Fsp3) is 0.250. The monoisotopic (exact) mass is 158 g/mol. The van der Waals surface area contributed by atoms with E-state index in [-0.39, 0.29) is 30.4 Å². The standard InChI is InChI=1S/C4H6O2.2ClH/c1-3(2)4(5)6;;/h1H2,2H3,(H,5,6);2*1H. The van der Waals surface area contributed by atoms with Gasteiger partial charge in [0.05, 0.1) is 0 Å². The molecule has 50 valence electrons. The van der Waals surface area contributed by atoms with Crippen LogP contribution in [0.2, 0.25) is 0 Å². The fourth-order valence-corrected chi connectivity index (χ4v) is 0. The van der Waals surface area contributed by atoms with Crippen molar-refractivity contribution < 1.29 is 9.90 Å². The van der Waals surface area contributed by atoms with Crippen LogP contribution < -0.4 is 0 Å². The van der Waals surface area contributed by atoms with Gasteiger partial charge in [0.15, 0.2) is 0 Å². The predicted molar refractivity (Wildman–Crippen MR) is 36.9 cm³/mol. The summed E-state index contributed by atoms with van der Waals surface area (Å²) in [4.78, 5) is 9.60. The first-order valence-corrected chi connectivity index (χ1v) is 1.53. The number of carboxylic acid groups (broad SMARTS) is 1. The number of hydrogen-bond acceptors (Lipinski definition) is 1. The van der Waals surface area contributed by atoms with Gasteiger partial charge >= 0.3 is 5.97 Å². The van der Waals surface area contributed by atoms with E-state index in [4.69, 9.17) is 5.11 Å². The van der Waals surface area contributed by atoms with Crippen LogP contribution in [0.3, 0.4) is 0 Å². The predicted octanol–water partition coefficient (Wildman–Crippen LogP) is 1.49. The summed E-state index contributed by atoms with van der Waals surface area (Å²) in [5.41, 5.74) is 0.176. The maximum absolute atomic E-state index is 9.60. The Morgan fingerprint density at radius 1 is 1.50 bits per heavy atom. The molecule has 0 spiro atoms. The maximum Gasteiger partial charge on any atom is 0.330 e. The van der Waals surface area contributed by atoms with Gasteiger partial charge < -0.3 is 5.11 Å². The van der Waals surface area contributed by atoms with Crippen molar-refractivity contribution >= 4 is 30.8 Å². The molecule has 0 saturated carbocycles. The molecule has 0 atom stereocenters. The normalized spacial score (nSPS) is 5.62. The van der Waals surface area contributed by atoms with E-state index >= 15 is 0 Å². The molecule has 0 heterocycles. The highest BCUT2D eigenvalue weighted by Crippen LogP contribution is 1.81. The molecular formula is C4H8Cl2O2. The summed E-state index contributed by atoms with van der Waals surface area (Å²) in [6.45, 7) is 4.60. The van der Waals surface area contributed by atoms with Crippen molar-refractivity contribution in [3.05, 3.63) is 12.2 Å². The Morgan fingerprint density at radius 2 is 1.62 bits per heavy atom. The van der Waals surface area contributed by atoms with Gasteiger partial charge in [0.1, 0.15) is 0 Å². The SMILES string of the molecule is C=C(C)C(=O)O.Cl.Cl. The summed E-state index contributed by atoms with van der Waals surface area (Å²) >= 11 is 0. The van der Waals surface area contributed by atoms with Crippen LogP contribution in [0.5, 0.6) is 0 Å². The van der Waals surface area contributed by atoms with Crippen LogP contribution in [0.1, 0.15) is 6.92 Å². The average Bonchev–Trinajstić information content (AvgIpc) is 1.36. The molecule has 4 heteroatoms. The van der Waals surface area contributed by atoms with Gasteiger partial charge in [0, 0.05) is 5.57 Å². The maximum atomic E-state index is 9.60. The van der Waals surface area contributed by atoms with E-state index in [1.165, 1.54) is 6.92 Å². The molecule has 0 aromatic carbocycles. The van der Waals surface area contributed by atoms with Gasteiger partial charge in [-0.1, -0.05) is 6.58 Å². The van der Waals surface area contributed by atoms with Gasteiger partial charge in [0.25, 0.3) is 0 Å². The largest absolute Gasteiger partial charge is 0.478 e. The van der Waals surface area contributed by atoms with Crippen LogP contribution in [0, 0.1) is 0 Å². The first kappa shape index (κ1) is 15.7. The summed E-state index contributed by atoms with van der Waals surface area (Å²) in [5, 5.41) is 7.89. The lowest BCUT2D eigenvalue weighted by molar-refractivity contribution is -0.132. The zero-order valence-corrected chi connectivity index (χ0v) is 6.01. The highest BCUT2D eigenvalue weighted by Gasteiger charge is 1.90. The topological polar surface area (TPSA) is 37.3 Å². The van der Waals surface area contributed by atoms with Gasteiger partial charge in [-0.2, -0.15) is 0 Å². The average molecular weight is 159 g/mol. The van der Waals surface area contributed by atoms with Gasteiger partial charge in [-0.15, -0.1) is 24.8 Å². The molecule has 0 aliphatic carbocycles. The van der Waals surface area contributed by atoms with Crippen molar-refractivity contribution in [3.63, 3.8) is 0 Å². The van der Waals surface area contributed by atoms with E-state index in [1.807, 2.05) is 0 Å². The van der Waals surface area contributed by atoms with Crippen LogP contribution in [0.4, 0.5) is 0 Å². The Kier molecular flexibility index (Phi) is 13.3. The van der Waals surface area contributed by atoms with Crippen LogP contribution in [0.25, 0.3) is 0 Å². The molecule has 2 nitrogen and oxygen atoms in total. The quantitative estimate of drug-likeness (QED) is 0.588. The molecular weight excluding hydrogens is 151 g/mol. The Balaban J connectivity index is -0.000000125. The van der Waals surface area contributed by atoms with E-state index in [2.05, 4.69) is 6.58 Å². The zero-order chi connectivity index (χ0) is 5.15. The molecule has 0 aromatic rings. The van der Waals surface area contributed by atoms with Gasteiger partial charge in [-0.3, -0.25) is 0 Å². The lowest BCUT2D eigenvalue weighted by Gasteiger charge is -1.79. The third kappa shape index (κ3) is 9.25. The molecule has 0 amide bonds. The third-order valence-corrected chi connectivity index (χ3v) is 0.365. The molecule has 8 heavy (non-hydrogen) atoms. The minimum absolute atomic E-state index is 0. The Hall–Kier alpha value is -0.210.